The minimum absolute atomic E-state index is 0.697. The summed E-state index contributed by atoms with van der Waals surface area (Å²) in [6.07, 6.45) is 0. The fraction of sp³-hybridized carbons (Fsp3) is 0. The Morgan fingerprint density at radius 3 is 1.92 bits per heavy atom. The van der Waals surface area contributed by atoms with Crippen LogP contribution in [0, 0.1) is 0 Å². The zero-order valence-electron chi connectivity index (χ0n) is 19.9. The molecule has 0 amide bonds. The predicted molar refractivity (Wildman–Crippen MR) is 151 cm³/mol. The maximum Gasteiger partial charge on any atom is 0.182 e. The number of furan rings is 1. The smallest absolute Gasteiger partial charge is 0.182 e. The molecule has 0 aliphatic heterocycles. The average Bonchev–Trinajstić information content (AvgIpc) is 3.40. The van der Waals surface area contributed by atoms with Crippen LogP contribution in [0.25, 0.3) is 44.0 Å². The van der Waals surface area contributed by atoms with Crippen LogP contribution in [0.5, 0.6) is 0 Å². The number of nitrogens with zero attached hydrogens (tertiary/aromatic N) is 3. The number of hydrazine groups is 1. The molecule has 2 heterocycles. The molecule has 176 valence electrons. The third-order valence-corrected chi connectivity index (χ3v) is 6.53. The van der Waals surface area contributed by atoms with Crippen molar-refractivity contribution in [2.45, 2.75) is 0 Å². The monoisotopic (exact) mass is 478 g/mol. The van der Waals surface area contributed by atoms with E-state index >= 15 is 0 Å². The molecule has 2 aromatic heterocycles. The van der Waals surface area contributed by atoms with Gasteiger partial charge in [0.15, 0.2) is 11.6 Å². The van der Waals surface area contributed by atoms with Crippen molar-refractivity contribution in [3.05, 3.63) is 127 Å². The molecule has 0 aliphatic carbocycles. The third-order valence-electron chi connectivity index (χ3n) is 6.53. The predicted octanol–water partition coefficient (Wildman–Crippen LogP) is 8.36. The average molecular weight is 479 g/mol. The van der Waals surface area contributed by atoms with Gasteiger partial charge in [0.1, 0.15) is 11.3 Å². The number of benzene rings is 5. The molecule has 1 N–H and O–H groups in total. The van der Waals surface area contributed by atoms with E-state index in [-0.39, 0.29) is 0 Å². The van der Waals surface area contributed by atoms with Crippen LogP contribution in [-0.4, -0.2) is 10.2 Å². The zero-order chi connectivity index (χ0) is 24.6. The minimum Gasteiger partial charge on any atom is -0.454 e. The maximum atomic E-state index is 6.22. The molecule has 0 spiro atoms. The molecule has 37 heavy (non-hydrogen) atoms. The van der Waals surface area contributed by atoms with Crippen LogP contribution in [0.15, 0.2) is 132 Å². The van der Waals surface area contributed by atoms with E-state index in [1.807, 2.05) is 83.9 Å². The number of aromatic nitrogens is 2. The van der Waals surface area contributed by atoms with Gasteiger partial charge in [-0.1, -0.05) is 78.9 Å². The number of anilines is 3. The van der Waals surface area contributed by atoms with Gasteiger partial charge in [0.2, 0.25) is 0 Å². The van der Waals surface area contributed by atoms with Crippen LogP contribution in [0.3, 0.4) is 0 Å². The second-order valence-electron chi connectivity index (χ2n) is 8.91. The van der Waals surface area contributed by atoms with Crippen LogP contribution in [0.2, 0.25) is 0 Å². The molecule has 0 fully saturated rings. The van der Waals surface area contributed by atoms with Gasteiger partial charge in [-0.25, -0.2) is 5.01 Å². The SMILES string of the molecule is c1ccc(NN(c2ccccc2)c2nnc(-c3cc4ccccc4o3)c3cc4ccccc4cc23)cc1. The molecule has 0 saturated heterocycles. The molecule has 5 heteroatoms. The largest absolute Gasteiger partial charge is 0.454 e. The Bertz CT molecular complexity index is 1830. The van der Waals surface area contributed by atoms with Crippen LogP contribution in [0.1, 0.15) is 0 Å². The lowest BCUT2D eigenvalue weighted by Crippen LogP contribution is -2.26. The van der Waals surface area contributed by atoms with Crippen molar-refractivity contribution in [2.75, 3.05) is 10.4 Å². The van der Waals surface area contributed by atoms with E-state index in [9.17, 15) is 0 Å². The highest BCUT2D eigenvalue weighted by Gasteiger charge is 2.20. The third kappa shape index (κ3) is 3.83. The van der Waals surface area contributed by atoms with Crippen molar-refractivity contribution in [3.63, 3.8) is 0 Å². The molecule has 0 radical (unpaired) electrons. The fourth-order valence-corrected chi connectivity index (χ4v) is 4.73. The van der Waals surface area contributed by atoms with Crippen molar-refractivity contribution in [1.29, 1.82) is 0 Å². The molecule has 5 nitrogen and oxygen atoms in total. The minimum atomic E-state index is 0.697. The number of fused-ring (bicyclic) bond motifs is 3. The highest BCUT2D eigenvalue weighted by atomic mass is 16.3. The summed E-state index contributed by atoms with van der Waals surface area (Å²) in [5.74, 6) is 1.40. The summed E-state index contributed by atoms with van der Waals surface area (Å²) in [6, 6.07) is 43.0. The van der Waals surface area contributed by atoms with E-state index in [2.05, 4.69) is 54.0 Å². The number of para-hydroxylation sites is 3. The first kappa shape index (κ1) is 21.1. The molecule has 5 aromatic carbocycles. The van der Waals surface area contributed by atoms with Crippen molar-refractivity contribution in [2.24, 2.45) is 0 Å². The van der Waals surface area contributed by atoms with Crippen LogP contribution in [0.4, 0.5) is 17.2 Å². The van der Waals surface area contributed by atoms with E-state index in [1.165, 1.54) is 0 Å². The first-order chi connectivity index (χ1) is 18.3. The Hall–Kier alpha value is -5.16. The number of hydrogen-bond acceptors (Lipinski definition) is 5. The second kappa shape index (κ2) is 8.81. The molecule has 0 aliphatic rings. The number of rotatable bonds is 5. The molecule has 0 saturated carbocycles. The molecule has 0 atom stereocenters. The normalized spacial score (nSPS) is 11.2. The Labute approximate surface area is 213 Å². The lowest BCUT2D eigenvalue weighted by molar-refractivity contribution is 0.628. The molecule has 0 unspecified atom stereocenters. The molecule has 7 aromatic rings. The van der Waals surface area contributed by atoms with Gasteiger partial charge in [0.25, 0.3) is 0 Å². The summed E-state index contributed by atoms with van der Waals surface area (Å²) < 4.78 is 6.22. The van der Waals surface area contributed by atoms with Crippen LogP contribution >= 0.6 is 0 Å². The molecule has 7 rings (SSSR count). The van der Waals surface area contributed by atoms with E-state index in [1.54, 1.807) is 0 Å². The van der Waals surface area contributed by atoms with Crippen molar-refractivity contribution >= 4 is 49.7 Å². The summed E-state index contributed by atoms with van der Waals surface area (Å²) in [5.41, 5.74) is 6.98. The van der Waals surface area contributed by atoms with Crippen molar-refractivity contribution < 1.29 is 4.42 Å². The van der Waals surface area contributed by atoms with E-state index in [0.717, 1.165) is 43.9 Å². The summed E-state index contributed by atoms with van der Waals surface area (Å²) in [5, 5.41) is 16.8. The molecular weight excluding hydrogens is 456 g/mol. The topological polar surface area (TPSA) is 54.2 Å². The Morgan fingerprint density at radius 2 is 1.19 bits per heavy atom. The lowest BCUT2D eigenvalue weighted by atomic mass is 10.0. The lowest BCUT2D eigenvalue weighted by Gasteiger charge is -2.26. The van der Waals surface area contributed by atoms with E-state index in [0.29, 0.717) is 17.3 Å². The van der Waals surface area contributed by atoms with E-state index < -0.39 is 0 Å². The van der Waals surface area contributed by atoms with Gasteiger partial charge in [-0.15, -0.1) is 10.2 Å². The second-order valence-corrected chi connectivity index (χ2v) is 8.91. The van der Waals surface area contributed by atoms with Gasteiger partial charge in [0.05, 0.1) is 11.4 Å². The number of nitrogens with one attached hydrogen (secondary N) is 1. The Kier molecular flexibility index (Phi) is 5.03. The Morgan fingerprint density at radius 1 is 0.568 bits per heavy atom. The zero-order valence-corrected chi connectivity index (χ0v) is 19.9. The molecular formula is C32H22N4O. The van der Waals surface area contributed by atoms with Gasteiger partial charge in [-0.05, 0) is 59.3 Å². The van der Waals surface area contributed by atoms with E-state index in [4.69, 9.17) is 14.6 Å². The van der Waals surface area contributed by atoms with Crippen molar-refractivity contribution in [1.82, 2.24) is 10.2 Å². The first-order valence-corrected chi connectivity index (χ1v) is 12.2. The van der Waals surface area contributed by atoms with Gasteiger partial charge < -0.3 is 4.42 Å². The van der Waals surface area contributed by atoms with Crippen molar-refractivity contribution in [3.8, 4) is 11.5 Å². The molecule has 0 bridgehead atoms. The maximum absolute atomic E-state index is 6.22. The first-order valence-electron chi connectivity index (χ1n) is 12.2. The summed E-state index contributed by atoms with van der Waals surface area (Å²) >= 11 is 0. The summed E-state index contributed by atoms with van der Waals surface area (Å²) in [7, 11) is 0. The Balaban J connectivity index is 1.49. The van der Waals surface area contributed by atoms with Crippen LogP contribution in [-0.2, 0) is 0 Å². The van der Waals surface area contributed by atoms with Gasteiger partial charge in [0, 0.05) is 16.2 Å². The fourth-order valence-electron chi connectivity index (χ4n) is 4.73. The van der Waals surface area contributed by atoms with Gasteiger partial charge in [-0.3, -0.25) is 5.43 Å². The highest BCUT2D eigenvalue weighted by Crippen LogP contribution is 2.38. The van der Waals surface area contributed by atoms with Gasteiger partial charge in [-0.2, -0.15) is 0 Å². The van der Waals surface area contributed by atoms with Gasteiger partial charge >= 0.3 is 0 Å². The highest BCUT2D eigenvalue weighted by molar-refractivity contribution is 6.08. The number of hydrogen-bond donors (Lipinski definition) is 1. The summed E-state index contributed by atoms with van der Waals surface area (Å²) in [4.78, 5) is 0. The van der Waals surface area contributed by atoms with Crippen LogP contribution < -0.4 is 10.4 Å². The standard InChI is InChI=1S/C32H22N4O/c1-3-14-25(15-4-1)35-36(26-16-5-2-6-17-26)32-28-20-23-12-8-7-11-22(23)19-27(28)31(33-34-32)30-21-24-13-9-10-18-29(24)37-30/h1-21,35H. The summed E-state index contributed by atoms with van der Waals surface area (Å²) in [6.45, 7) is 0. The quantitative estimate of drug-likeness (QED) is 0.199.